The summed E-state index contributed by atoms with van der Waals surface area (Å²) < 4.78 is 13.5. The molecule has 3 heterocycles. The molecule has 0 amide bonds. The van der Waals surface area contributed by atoms with Gasteiger partial charge in [0.25, 0.3) is 0 Å². The van der Waals surface area contributed by atoms with Crippen LogP contribution in [-0.4, -0.2) is 82.6 Å². The van der Waals surface area contributed by atoms with E-state index in [1.54, 1.807) is 7.11 Å². The van der Waals surface area contributed by atoms with Gasteiger partial charge in [-0.1, -0.05) is 25.5 Å². The number of rotatable bonds is 9. The molecule has 2 aromatic heterocycles. The van der Waals surface area contributed by atoms with Crippen LogP contribution >= 0.6 is 0 Å². The third-order valence-corrected chi connectivity index (χ3v) is 8.22. The zero-order valence-electron chi connectivity index (χ0n) is 23.4. The second-order valence-electron chi connectivity index (χ2n) is 11.0. The maximum absolute atomic E-state index is 12.5. The maximum atomic E-state index is 12.5. The Hall–Kier alpha value is -2.97. The summed E-state index contributed by atoms with van der Waals surface area (Å²) in [6, 6.07) is 6.63. The summed E-state index contributed by atoms with van der Waals surface area (Å²) in [5.74, 6) is 1.99. The number of hydrogen-bond acceptors (Lipinski definition) is 7. The highest BCUT2D eigenvalue weighted by Gasteiger charge is 2.38. The monoisotopic (exact) mass is 519 g/mol. The fourth-order valence-corrected chi connectivity index (χ4v) is 5.92. The summed E-state index contributed by atoms with van der Waals surface area (Å²) in [4.78, 5) is 27.4. The van der Waals surface area contributed by atoms with Gasteiger partial charge in [0.15, 0.2) is 0 Å². The van der Waals surface area contributed by atoms with E-state index in [-0.39, 0.29) is 18.5 Å². The Morgan fingerprint density at radius 2 is 1.95 bits per heavy atom. The van der Waals surface area contributed by atoms with Crippen LogP contribution in [0.2, 0.25) is 0 Å². The van der Waals surface area contributed by atoms with Crippen molar-refractivity contribution in [1.82, 2.24) is 24.2 Å². The summed E-state index contributed by atoms with van der Waals surface area (Å²) in [7, 11) is 3.85. The number of carbonyl (C=O) groups excluding carboxylic acids is 1. The average Bonchev–Trinajstić information content (AvgIpc) is 3.25. The van der Waals surface area contributed by atoms with Crippen LogP contribution in [0.1, 0.15) is 62.5 Å². The number of ether oxygens (including phenoxy) is 2. The number of fused-ring (bicyclic) bond motifs is 1. The van der Waals surface area contributed by atoms with Gasteiger partial charge in [-0.05, 0) is 46.2 Å². The Labute approximate surface area is 226 Å². The molecule has 5 rings (SSSR count). The molecule has 1 aliphatic carbocycles. The van der Waals surface area contributed by atoms with Crippen LogP contribution in [0.5, 0.6) is 5.75 Å². The maximum Gasteiger partial charge on any atom is 0.310 e. The first-order chi connectivity index (χ1) is 18.4. The van der Waals surface area contributed by atoms with E-state index < -0.39 is 0 Å². The highest BCUT2D eigenvalue weighted by Crippen LogP contribution is 2.42. The van der Waals surface area contributed by atoms with Gasteiger partial charge >= 0.3 is 5.97 Å². The predicted octanol–water partition coefficient (Wildman–Crippen LogP) is 4.48. The van der Waals surface area contributed by atoms with Gasteiger partial charge in [0, 0.05) is 61.7 Å². The Balaban J connectivity index is 1.38. The highest BCUT2D eigenvalue weighted by molar-refractivity contribution is 5.81. The van der Waals surface area contributed by atoms with Crippen molar-refractivity contribution in [3.05, 3.63) is 47.7 Å². The summed E-state index contributed by atoms with van der Waals surface area (Å²) in [5.41, 5.74) is 4.68. The third kappa shape index (κ3) is 5.43. The zero-order chi connectivity index (χ0) is 26.8. The molecule has 38 heavy (non-hydrogen) atoms. The fraction of sp³-hybridized carbons (Fsp3) is 0.567. The molecule has 0 N–H and O–H groups in total. The van der Waals surface area contributed by atoms with Gasteiger partial charge in [0.2, 0.25) is 0 Å². The number of likely N-dealkylation sites (N-methyl/N-ethyl adjacent to an activating group) is 1. The lowest BCUT2D eigenvalue weighted by atomic mass is 9.78. The van der Waals surface area contributed by atoms with E-state index in [1.165, 1.54) is 0 Å². The summed E-state index contributed by atoms with van der Waals surface area (Å²) in [6.07, 6.45) is 8.14. The van der Waals surface area contributed by atoms with Gasteiger partial charge in [-0.25, -0.2) is 4.98 Å². The number of hydrogen-bond donors (Lipinski definition) is 0. The van der Waals surface area contributed by atoms with Gasteiger partial charge in [-0.15, -0.1) is 0 Å². The molecule has 0 spiro atoms. The molecule has 1 aromatic carbocycles. The van der Waals surface area contributed by atoms with Crippen molar-refractivity contribution in [3.63, 3.8) is 0 Å². The van der Waals surface area contributed by atoms with Gasteiger partial charge in [0.05, 0.1) is 36.5 Å². The molecule has 1 aliphatic heterocycles. The van der Waals surface area contributed by atoms with Gasteiger partial charge in [-0.3, -0.25) is 19.1 Å². The minimum atomic E-state index is -0.230. The average molecular weight is 520 g/mol. The predicted molar refractivity (Wildman–Crippen MR) is 149 cm³/mol. The van der Waals surface area contributed by atoms with Gasteiger partial charge < -0.3 is 14.4 Å². The van der Waals surface area contributed by atoms with E-state index in [0.29, 0.717) is 17.7 Å². The summed E-state index contributed by atoms with van der Waals surface area (Å²) in [5, 5.41) is 0. The Bertz CT molecular complexity index is 1270. The molecule has 2 aliphatic rings. The van der Waals surface area contributed by atoms with Crippen LogP contribution in [-0.2, 0) is 16.0 Å². The first kappa shape index (κ1) is 26.6. The number of nitrogens with zero attached hydrogens (tertiary/aromatic N) is 5. The number of aryl methyl sites for hydroxylation is 1. The van der Waals surface area contributed by atoms with Crippen LogP contribution in [0.15, 0.2) is 30.6 Å². The molecule has 204 valence electrons. The number of esters is 1. The fourth-order valence-electron chi connectivity index (χ4n) is 5.92. The topological polar surface area (TPSA) is 72.2 Å². The lowest BCUT2D eigenvalue weighted by molar-refractivity contribution is -0.147. The molecule has 0 radical (unpaired) electrons. The normalized spacial score (nSPS) is 21.3. The molecule has 1 saturated carbocycles. The molecule has 0 bridgehead atoms. The lowest BCUT2D eigenvalue weighted by Crippen LogP contribution is -2.52. The highest BCUT2D eigenvalue weighted by atomic mass is 16.5. The smallest absolute Gasteiger partial charge is 0.310 e. The number of benzene rings is 1. The molecule has 8 heteroatoms. The number of methoxy groups -OCH3 is 1. The number of carbonyl (C=O) groups is 1. The van der Waals surface area contributed by atoms with E-state index in [4.69, 9.17) is 14.5 Å². The van der Waals surface area contributed by atoms with Crippen LogP contribution < -0.4 is 4.74 Å². The summed E-state index contributed by atoms with van der Waals surface area (Å²) in [6.45, 7) is 10.7. The minimum absolute atomic E-state index is 0.0778. The van der Waals surface area contributed by atoms with Crippen molar-refractivity contribution >= 4 is 11.5 Å². The zero-order valence-corrected chi connectivity index (χ0v) is 23.4. The van der Waals surface area contributed by atoms with Gasteiger partial charge in [-0.2, -0.15) is 0 Å². The molecule has 8 nitrogen and oxygen atoms in total. The van der Waals surface area contributed by atoms with E-state index in [1.807, 2.05) is 44.4 Å². The molecular weight excluding hydrogens is 478 g/mol. The SMILES string of the molecule is CCC[C@H](C)OC(=O)Cc1ccc(-c2nc(C3CC(N4CCN(C)CC4)C3)n3ccnc(C)c23)cc1OC. The van der Waals surface area contributed by atoms with Crippen LogP contribution in [0, 0.1) is 6.92 Å². The summed E-state index contributed by atoms with van der Waals surface area (Å²) >= 11 is 0. The van der Waals surface area contributed by atoms with Crippen molar-refractivity contribution in [2.75, 3.05) is 40.3 Å². The van der Waals surface area contributed by atoms with Crippen molar-refractivity contribution in [2.24, 2.45) is 0 Å². The standard InChI is InChI=1S/C30H41N5O3/c1-6-7-20(2)38-27(36)19-22-8-9-23(18-26(22)37-5)28-29-21(3)31-10-11-35(29)30(32-28)24-16-25(17-24)34-14-12-33(4)13-15-34/h8-11,18,20,24-25H,6-7,12-17,19H2,1-5H3/t20-,24?,25?/m0/s1. The Morgan fingerprint density at radius 3 is 2.66 bits per heavy atom. The molecule has 3 aromatic rings. The van der Waals surface area contributed by atoms with E-state index in [9.17, 15) is 4.79 Å². The van der Waals surface area contributed by atoms with Crippen LogP contribution in [0.3, 0.4) is 0 Å². The van der Waals surface area contributed by atoms with E-state index in [2.05, 4.69) is 33.2 Å². The first-order valence-electron chi connectivity index (χ1n) is 14.0. The number of piperazine rings is 1. The third-order valence-electron chi connectivity index (χ3n) is 8.22. The Kier molecular flexibility index (Phi) is 8.00. The molecular formula is C30H41N5O3. The first-order valence-corrected chi connectivity index (χ1v) is 14.0. The van der Waals surface area contributed by atoms with Crippen molar-refractivity contribution in [3.8, 4) is 17.0 Å². The molecule has 1 saturated heterocycles. The van der Waals surface area contributed by atoms with Crippen molar-refractivity contribution in [2.45, 2.75) is 70.9 Å². The molecule has 0 unspecified atom stereocenters. The molecule has 1 atom stereocenters. The largest absolute Gasteiger partial charge is 0.496 e. The Morgan fingerprint density at radius 1 is 1.18 bits per heavy atom. The van der Waals surface area contributed by atoms with Crippen LogP contribution in [0.4, 0.5) is 0 Å². The van der Waals surface area contributed by atoms with E-state index >= 15 is 0 Å². The minimum Gasteiger partial charge on any atom is -0.496 e. The van der Waals surface area contributed by atoms with Crippen molar-refractivity contribution < 1.29 is 14.3 Å². The van der Waals surface area contributed by atoms with E-state index in [0.717, 1.165) is 85.7 Å². The second-order valence-corrected chi connectivity index (χ2v) is 11.0. The lowest BCUT2D eigenvalue weighted by Gasteiger charge is -2.45. The quantitative estimate of drug-likeness (QED) is 0.386. The van der Waals surface area contributed by atoms with Gasteiger partial charge in [0.1, 0.15) is 11.6 Å². The van der Waals surface area contributed by atoms with Crippen molar-refractivity contribution in [1.29, 1.82) is 0 Å². The number of imidazole rings is 1. The molecule has 2 fully saturated rings. The second kappa shape index (κ2) is 11.4. The van der Waals surface area contributed by atoms with Crippen LogP contribution in [0.25, 0.3) is 16.8 Å². The number of aromatic nitrogens is 3.